The maximum atomic E-state index is 12.6. The molecule has 0 radical (unpaired) electrons. The molecule has 0 saturated carbocycles. The second kappa shape index (κ2) is 7.74. The number of guanidine groups is 1. The highest BCUT2D eigenvalue weighted by Crippen LogP contribution is 2.19. The van der Waals surface area contributed by atoms with Crippen molar-refractivity contribution in [3.05, 3.63) is 29.8 Å². The van der Waals surface area contributed by atoms with Gasteiger partial charge in [-0.3, -0.25) is 0 Å². The molecular weight excluding hydrogens is 336 g/mol. The summed E-state index contributed by atoms with van der Waals surface area (Å²) in [6.45, 7) is 9.76. The van der Waals surface area contributed by atoms with E-state index in [1.165, 1.54) is 0 Å². The van der Waals surface area contributed by atoms with E-state index >= 15 is 0 Å². The standard InChI is InChI=1S/C18H30N4O2S/c1-14-9-11-22(12-10-14)17(19)20-13-15-7-5-6-8-16(15)25(23,24)21-18(2,3)4/h5-8,14,21H,9-13H2,1-4H3,(H2,19,20). The van der Waals surface area contributed by atoms with Gasteiger partial charge in [0.25, 0.3) is 0 Å². The Balaban J connectivity index is 2.17. The maximum Gasteiger partial charge on any atom is 0.241 e. The average molecular weight is 367 g/mol. The molecule has 7 heteroatoms. The highest BCUT2D eigenvalue weighted by Gasteiger charge is 2.24. The van der Waals surface area contributed by atoms with Gasteiger partial charge in [-0.25, -0.2) is 18.1 Å². The number of sulfonamides is 1. The van der Waals surface area contributed by atoms with Crippen LogP contribution in [0.3, 0.4) is 0 Å². The van der Waals surface area contributed by atoms with Crippen LogP contribution in [0.5, 0.6) is 0 Å². The first-order valence-electron chi connectivity index (χ1n) is 8.75. The monoisotopic (exact) mass is 366 g/mol. The summed E-state index contributed by atoms with van der Waals surface area (Å²) in [5.41, 5.74) is 6.22. The zero-order chi connectivity index (χ0) is 18.7. The first-order valence-corrected chi connectivity index (χ1v) is 10.2. The molecule has 0 aliphatic carbocycles. The van der Waals surface area contributed by atoms with Crippen molar-refractivity contribution in [2.45, 2.75) is 57.5 Å². The highest BCUT2D eigenvalue weighted by molar-refractivity contribution is 7.89. The fraction of sp³-hybridized carbons (Fsp3) is 0.611. The first kappa shape index (κ1) is 19.7. The van der Waals surface area contributed by atoms with Gasteiger partial charge in [-0.2, -0.15) is 0 Å². The van der Waals surface area contributed by atoms with Gasteiger partial charge in [0.05, 0.1) is 11.4 Å². The Morgan fingerprint density at radius 2 is 1.88 bits per heavy atom. The number of nitrogens with zero attached hydrogens (tertiary/aromatic N) is 2. The summed E-state index contributed by atoms with van der Waals surface area (Å²) in [6.07, 6.45) is 2.22. The molecule has 0 atom stereocenters. The van der Waals surface area contributed by atoms with Crippen molar-refractivity contribution in [2.75, 3.05) is 13.1 Å². The van der Waals surface area contributed by atoms with Crippen LogP contribution < -0.4 is 10.5 Å². The number of benzene rings is 1. The lowest BCUT2D eigenvalue weighted by molar-refractivity contribution is 0.277. The quantitative estimate of drug-likeness (QED) is 0.632. The van der Waals surface area contributed by atoms with Crippen LogP contribution in [0.15, 0.2) is 34.2 Å². The van der Waals surface area contributed by atoms with Crippen LogP contribution in [0, 0.1) is 5.92 Å². The Hall–Kier alpha value is -1.60. The van der Waals surface area contributed by atoms with E-state index in [2.05, 4.69) is 21.5 Å². The fourth-order valence-electron chi connectivity index (χ4n) is 2.86. The molecule has 1 aliphatic rings. The van der Waals surface area contributed by atoms with E-state index in [1.807, 2.05) is 26.8 Å². The van der Waals surface area contributed by atoms with E-state index in [4.69, 9.17) is 5.73 Å². The van der Waals surface area contributed by atoms with E-state index in [9.17, 15) is 8.42 Å². The van der Waals surface area contributed by atoms with Gasteiger partial charge < -0.3 is 10.6 Å². The van der Waals surface area contributed by atoms with Gasteiger partial charge in [-0.15, -0.1) is 0 Å². The van der Waals surface area contributed by atoms with Crippen LogP contribution in [-0.2, 0) is 16.6 Å². The van der Waals surface area contributed by atoms with Gasteiger partial charge >= 0.3 is 0 Å². The van der Waals surface area contributed by atoms with Crippen LogP contribution in [0.2, 0.25) is 0 Å². The molecule has 0 unspecified atom stereocenters. The number of hydrogen-bond acceptors (Lipinski definition) is 3. The molecule has 2 rings (SSSR count). The Labute approximate surface area is 151 Å². The molecule has 1 aromatic rings. The fourth-order valence-corrected chi connectivity index (χ4v) is 4.51. The van der Waals surface area contributed by atoms with Crippen molar-refractivity contribution in [2.24, 2.45) is 16.6 Å². The van der Waals surface area contributed by atoms with Crippen molar-refractivity contribution >= 4 is 16.0 Å². The Morgan fingerprint density at radius 3 is 2.48 bits per heavy atom. The summed E-state index contributed by atoms with van der Waals surface area (Å²) in [6, 6.07) is 6.93. The number of aliphatic imine (C=N–C) groups is 1. The van der Waals surface area contributed by atoms with Gasteiger partial charge in [0.1, 0.15) is 0 Å². The minimum absolute atomic E-state index is 0.249. The number of nitrogens with two attached hydrogens (primary N) is 1. The van der Waals surface area contributed by atoms with Crippen molar-refractivity contribution in [1.82, 2.24) is 9.62 Å². The summed E-state index contributed by atoms with van der Waals surface area (Å²) < 4.78 is 28.0. The minimum atomic E-state index is -3.60. The molecule has 1 aromatic carbocycles. The number of hydrogen-bond donors (Lipinski definition) is 2. The third-order valence-corrected chi connectivity index (χ3v) is 6.08. The smallest absolute Gasteiger partial charge is 0.241 e. The molecule has 0 bridgehead atoms. The lowest BCUT2D eigenvalue weighted by Crippen LogP contribution is -2.42. The third kappa shape index (κ3) is 5.71. The van der Waals surface area contributed by atoms with E-state index < -0.39 is 15.6 Å². The molecule has 0 spiro atoms. The predicted molar refractivity (Wildman–Crippen MR) is 102 cm³/mol. The topological polar surface area (TPSA) is 87.8 Å². The lowest BCUT2D eigenvalue weighted by atomic mass is 10.00. The second-order valence-corrected chi connectivity index (χ2v) is 9.46. The summed E-state index contributed by atoms with van der Waals surface area (Å²) in [4.78, 5) is 6.77. The average Bonchev–Trinajstić information content (AvgIpc) is 2.51. The van der Waals surface area contributed by atoms with Crippen LogP contribution in [-0.4, -0.2) is 37.9 Å². The Bertz CT molecular complexity index is 715. The van der Waals surface area contributed by atoms with E-state index in [1.54, 1.807) is 18.2 Å². The number of likely N-dealkylation sites (tertiary alicyclic amines) is 1. The SMILES string of the molecule is CC1CCN(C(N)=NCc2ccccc2S(=O)(=O)NC(C)(C)C)CC1. The van der Waals surface area contributed by atoms with Crippen molar-refractivity contribution in [3.8, 4) is 0 Å². The molecule has 0 amide bonds. The Kier molecular flexibility index (Phi) is 6.11. The van der Waals surface area contributed by atoms with E-state index in [0.29, 0.717) is 11.5 Å². The molecule has 1 saturated heterocycles. The zero-order valence-corrected chi connectivity index (χ0v) is 16.4. The zero-order valence-electron chi connectivity index (χ0n) is 15.6. The molecule has 140 valence electrons. The van der Waals surface area contributed by atoms with Crippen LogP contribution >= 0.6 is 0 Å². The lowest BCUT2D eigenvalue weighted by Gasteiger charge is -2.31. The molecule has 1 aliphatic heterocycles. The summed E-state index contributed by atoms with van der Waals surface area (Å²) >= 11 is 0. The molecule has 1 fully saturated rings. The van der Waals surface area contributed by atoms with Crippen LogP contribution in [0.1, 0.15) is 46.1 Å². The Morgan fingerprint density at radius 1 is 1.28 bits per heavy atom. The third-order valence-electron chi connectivity index (χ3n) is 4.22. The van der Waals surface area contributed by atoms with Gasteiger partial charge in [-0.1, -0.05) is 25.1 Å². The highest BCUT2D eigenvalue weighted by atomic mass is 32.2. The van der Waals surface area contributed by atoms with Crippen molar-refractivity contribution in [1.29, 1.82) is 0 Å². The molecule has 25 heavy (non-hydrogen) atoms. The minimum Gasteiger partial charge on any atom is -0.370 e. The van der Waals surface area contributed by atoms with Gasteiger partial charge in [0, 0.05) is 18.6 Å². The normalized spacial score (nSPS) is 17.8. The predicted octanol–water partition coefficient (Wildman–Crippen LogP) is 2.31. The number of nitrogens with one attached hydrogen (secondary N) is 1. The maximum absolute atomic E-state index is 12.6. The first-order chi connectivity index (χ1) is 11.6. The largest absolute Gasteiger partial charge is 0.370 e. The van der Waals surface area contributed by atoms with Gasteiger partial charge in [0.2, 0.25) is 10.0 Å². The van der Waals surface area contributed by atoms with Crippen molar-refractivity contribution < 1.29 is 8.42 Å². The number of piperidine rings is 1. The molecule has 1 heterocycles. The molecular formula is C18H30N4O2S. The van der Waals surface area contributed by atoms with Crippen LogP contribution in [0.4, 0.5) is 0 Å². The second-order valence-electron chi connectivity index (χ2n) is 7.81. The summed E-state index contributed by atoms with van der Waals surface area (Å²) in [5, 5.41) is 0. The van der Waals surface area contributed by atoms with Crippen molar-refractivity contribution in [3.63, 3.8) is 0 Å². The molecule has 0 aromatic heterocycles. The number of rotatable bonds is 4. The molecule has 6 nitrogen and oxygen atoms in total. The summed E-state index contributed by atoms with van der Waals surface area (Å²) in [5.74, 6) is 1.21. The van der Waals surface area contributed by atoms with E-state index in [0.717, 1.165) is 31.8 Å². The summed E-state index contributed by atoms with van der Waals surface area (Å²) in [7, 11) is -3.60. The molecule has 3 N–H and O–H groups in total. The van der Waals surface area contributed by atoms with Gasteiger partial charge in [-0.05, 0) is 51.2 Å². The van der Waals surface area contributed by atoms with Crippen LogP contribution in [0.25, 0.3) is 0 Å². The van der Waals surface area contributed by atoms with Gasteiger partial charge in [0.15, 0.2) is 5.96 Å². The van der Waals surface area contributed by atoms with E-state index in [-0.39, 0.29) is 11.4 Å².